The number of rotatable bonds is 5. The Balaban J connectivity index is 0.000000479. The van der Waals surface area contributed by atoms with Crippen LogP contribution in [0.4, 0.5) is 18.9 Å². The van der Waals surface area contributed by atoms with E-state index in [0.29, 0.717) is 18.2 Å². The standard InChI is InChI=1S/C20H25N3O3.C2HF3O2/c1-4-13-11-17(20(25)26)19(24)21-18(13)14-5-7-15(8-6-14)23-10-9-16(12-23)22(2)3;3-2(4,5)1(6)7/h5-8,11,16H,4,9-10,12H2,1-3H3,(H,21,24)(H,25,26);(H,6,7). The van der Waals surface area contributed by atoms with E-state index in [1.807, 2.05) is 19.1 Å². The van der Waals surface area contributed by atoms with Crippen LogP contribution >= 0.6 is 0 Å². The van der Waals surface area contributed by atoms with Crippen molar-refractivity contribution < 1.29 is 33.0 Å². The van der Waals surface area contributed by atoms with Crippen LogP contribution in [0.2, 0.25) is 0 Å². The van der Waals surface area contributed by atoms with E-state index in [2.05, 4.69) is 41.0 Å². The van der Waals surface area contributed by atoms with Gasteiger partial charge in [0.1, 0.15) is 5.56 Å². The normalized spacial score (nSPS) is 15.8. The first-order valence-corrected chi connectivity index (χ1v) is 10.2. The maximum atomic E-state index is 12.0. The number of hydrogen-bond donors (Lipinski definition) is 3. The van der Waals surface area contributed by atoms with Crippen molar-refractivity contribution in [1.82, 2.24) is 9.88 Å². The predicted molar refractivity (Wildman–Crippen MR) is 117 cm³/mol. The molecule has 33 heavy (non-hydrogen) atoms. The van der Waals surface area contributed by atoms with Crippen LogP contribution in [0.15, 0.2) is 35.1 Å². The highest BCUT2D eigenvalue weighted by Crippen LogP contribution is 2.27. The van der Waals surface area contributed by atoms with Crippen LogP contribution in [-0.4, -0.2) is 71.4 Å². The molecule has 180 valence electrons. The molecule has 0 amide bonds. The molecular weight excluding hydrogens is 443 g/mol. The Morgan fingerprint density at radius 1 is 1.18 bits per heavy atom. The summed E-state index contributed by atoms with van der Waals surface area (Å²) in [6.07, 6.45) is -3.29. The minimum Gasteiger partial charge on any atom is -0.477 e. The summed E-state index contributed by atoms with van der Waals surface area (Å²) in [5.74, 6) is -3.96. The largest absolute Gasteiger partial charge is 0.490 e. The van der Waals surface area contributed by atoms with E-state index >= 15 is 0 Å². The number of aliphatic carboxylic acids is 1. The number of halogens is 3. The fourth-order valence-corrected chi connectivity index (χ4v) is 3.51. The van der Waals surface area contributed by atoms with Gasteiger partial charge >= 0.3 is 18.1 Å². The summed E-state index contributed by atoms with van der Waals surface area (Å²) >= 11 is 0. The van der Waals surface area contributed by atoms with E-state index in [0.717, 1.165) is 30.6 Å². The first kappa shape index (κ1) is 25.9. The molecule has 11 heteroatoms. The molecule has 0 radical (unpaired) electrons. The Morgan fingerprint density at radius 3 is 2.18 bits per heavy atom. The number of carbonyl (C=O) groups is 2. The molecule has 1 aromatic heterocycles. The number of nitrogens with one attached hydrogen (secondary N) is 1. The Morgan fingerprint density at radius 2 is 1.76 bits per heavy atom. The molecule has 1 fully saturated rings. The molecule has 2 aromatic rings. The van der Waals surface area contributed by atoms with Gasteiger partial charge in [0.25, 0.3) is 5.56 Å². The molecular formula is C22H26F3N3O5. The molecule has 1 saturated heterocycles. The molecule has 0 bridgehead atoms. The van der Waals surface area contributed by atoms with E-state index in [4.69, 9.17) is 15.0 Å². The first-order chi connectivity index (χ1) is 15.3. The van der Waals surface area contributed by atoms with Crippen LogP contribution in [0.5, 0.6) is 0 Å². The lowest BCUT2D eigenvalue weighted by molar-refractivity contribution is -0.192. The van der Waals surface area contributed by atoms with Gasteiger partial charge in [-0.3, -0.25) is 4.79 Å². The van der Waals surface area contributed by atoms with Crippen molar-refractivity contribution in [3.8, 4) is 11.3 Å². The summed E-state index contributed by atoms with van der Waals surface area (Å²) in [5, 5.41) is 16.3. The van der Waals surface area contributed by atoms with Crippen LogP contribution in [0.1, 0.15) is 29.3 Å². The summed E-state index contributed by atoms with van der Waals surface area (Å²) in [7, 11) is 4.22. The Labute approximate surface area is 188 Å². The van der Waals surface area contributed by atoms with Crippen LogP contribution < -0.4 is 10.5 Å². The van der Waals surface area contributed by atoms with Crippen LogP contribution in [-0.2, 0) is 11.2 Å². The van der Waals surface area contributed by atoms with Gasteiger partial charge in [0.05, 0.1) is 5.69 Å². The fourth-order valence-electron chi connectivity index (χ4n) is 3.51. The van der Waals surface area contributed by atoms with Gasteiger partial charge in [-0.2, -0.15) is 13.2 Å². The molecule has 3 rings (SSSR count). The van der Waals surface area contributed by atoms with Gasteiger partial charge in [0, 0.05) is 24.8 Å². The lowest BCUT2D eigenvalue weighted by Gasteiger charge is -2.22. The third-order valence-electron chi connectivity index (χ3n) is 5.39. The van der Waals surface area contributed by atoms with Crippen molar-refractivity contribution in [2.75, 3.05) is 32.1 Å². The second-order valence-electron chi connectivity index (χ2n) is 7.77. The number of benzene rings is 1. The third kappa shape index (κ3) is 6.58. The average Bonchev–Trinajstić information content (AvgIpc) is 3.24. The van der Waals surface area contributed by atoms with Gasteiger partial charge in [-0.15, -0.1) is 0 Å². The summed E-state index contributed by atoms with van der Waals surface area (Å²) in [6, 6.07) is 10.2. The zero-order chi connectivity index (χ0) is 24.9. The number of anilines is 1. The topological polar surface area (TPSA) is 114 Å². The Bertz CT molecular complexity index is 1050. The summed E-state index contributed by atoms with van der Waals surface area (Å²) < 4.78 is 31.7. The monoisotopic (exact) mass is 469 g/mol. The molecule has 8 nitrogen and oxygen atoms in total. The van der Waals surface area contributed by atoms with E-state index < -0.39 is 23.7 Å². The lowest BCUT2D eigenvalue weighted by atomic mass is 10.0. The number of H-pyrrole nitrogens is 1. The smallest absolute Gasteiger partial charge is 0.477 e. The number of aryl methyl sites for hydroxylation is 1. The van der Waals surface area contributed by atoms with Crippen LogP contribution in [0.3, 0.4) is 0 Å². The molecule has 1 aromatic carbocycles. The summed E-state index contributed by atoms with van der Waals surface area (Å²) in [6.45, 7) is 3.99. The second kappa shape index (κ2) is 10.5. The number of alkyl halides is 3. The highest BCUT2D eigenvalue weighted by molar-refractivity contribution is 5.88. The minimum absolute atomic E-state index is 0.214. The van der Waals surface area contributed by atoms with Crippen molar-refractivity contribution >= 4 is 17.6 Å². The van der Waals surface area contributed by atoms with Crippen molar-refractivity contribution in [2.24, 2.45) is 0 Å². The lowest BCUT2D eigenvalue weighted by Crippen LogP contribution is -2.31. The molecule has 0 spiro atoms. The van der Waals surface area contributed by atoms with Gasteiger partial charge in [-0.1, -0.05) is 19.1 Å². The number of hydrogen-bond acceptors (Lipinski definition) is 5. The van der Waals surface area contributed by atoms with E-state index in [9.17, 15) is 22.8 Å². The Hall–Kier alpha value is -3.34. The quantitative estimate of drug-likeness (QED) is 0.617. The SMILES string of the molecule is CCc1cc(C(=O)O)c(=O)[nH]c1-c1ccc(N2CCC(N(C)C)C2)cc1.O=C(O)C(F)(F)F. The van der Waals surface area contributed by atoms with Gasteiger partial charge in [-0.05, 0) is 56.3 Å². The molecule has 1 aliphatic rings. The molecule has 3 N–H and O–H groups in total. The molecule has 0 saturated carbocycles. The summed E-state index contributed by atoms with van der Waals surface area (Å²) in [4.78, 5) is 39.5. The highest BCUT2D eigenvalue weighted by Gasteiger charge is 2.38. The second-order valence-corrected chi connectivity index (χ2v) is 7.77. The van der Waals surface area contributed by atoms with E-state index in [1.54, 1.807) is 0 Å². The van der Waals surface area contributed by atoms with Gasteiger partial charge < -0.3 is 25.0 Å². The van der Waals surface area contributed by atoms with E-state index in [1.165, 1.54) is 11.8 Å². The minimum atomic E-state index is -5.08. The average molecular weight is 469 g/mol. The van der Waals surface area contributed by atoms with Crippen molar-refractivity contribution in [3.63, 3.8) is 0 Å². The zero-order valence-electron chi connectivity index (χ0n) is 18.4. The van der Waals surface area contributed by atoms with Gasteiger partial charge in [-0.25, -0.2) is 9.59 Å². The highest BCUT2D eigenvalue weighted by atomic mass is 19.4. The number of likely N-dealkylation sites (N-methyl/N-ethyl adjacent to an activating group) is 1. The van der Waals surface area contributed by atoms with Crippen LogP contribution in [0, 0.1) is 0 Å². The maximum Gasteiger partial charge on any atom is 0.490 e. The number of aromatic nitrogens is 1. The molecule has 1 atom stereocenters. The number of nitrogens with zero attached hydrogens (tertiary/aromatic N) is 2. The summed E-state index contributed by atoms with van der Waals surface area (Å²) in [5.41, 5.74) is 2.80. The molecule has 2 heterocycles. The number of carboxylic acid groups (broad SMARTS) is 2. The fraction of sp³-hybridized carbons (Fsp3) is 0.409. The Kier molecular flexibility index (Phi) is 8.26. The van der Waals surface area contributed by atoms with Gasteiger partial charge in [0.15, 0.2) is 0 Å². The first-order valence-electron chi connectivity index (χ1n) is 10.2. The number of aromatic carboxylic acids is 1. The number of aromatic amines is 1. The van der Waals surface area contributed by atoms with E-state index in [-0.39, 0.29) is 5.56 Å². The van der Waals surface area contributed by atoms with Gasteiger partial charge in [0.2, 0.25) is 0 Å². The number of pyridine rings is 1. The van der Waals surface area contributed by atoms with Crippen molar-refractivity contribution in [1.29, 1.82) is 0 Å². The third-order valence-corrected chi connectivity index (χ3v) is 5.39. The van der Waals surface area contributed by atoms with Crippen LogP contribution in [0.25, 0.3) is 11.3 Å². The molecule has 1 unspecified atom stereocenters. The molecule has 0 aliphatic carbocycles. The number of carboxylic acids is 2. The maximum absolute atomic E-state index is 12.0. The molecule has 1 aliphatic heterocycles. The zero-order valence-corrected chi connectivity index (χ0v) is 18.4. The predicted octanol–water partition coefficient (Wildman–Crippen LogP) is 3.08. The van der Waals surface area contributed by atoms with Crippen molar-refractivity contribution in [3.05, 3.63) is 51.8 Å². The van der Waals surface area contributed by atoms with Crippen molar-refractivity contribution in [2.45, 2.75) is 32.0 Å².